The molecule has 80 valence electrons. The van der Waals surface area contributed by atoms with E-state index in [2.05, 4.69) is 0 Å². The fourth-order valence-corrected chi connectivity index (χ4v) is 1.35. The molecule has 1 aromatic rings. The summed E-state index contributed by atoms with van der Waals surface area (Å²) in [7, 11) is 0. The van der Waals surface area contributed by atoms with Gasteiger partial charge in [-0.05, 0) is 5.56 Å². The highest BCUT2D eigenvalue weighted by atomic mass is 16.6. The molecule has 1 aromatic carbocycles. The van der Waals surface area contributed by atoms with Gasteiger partial charge in [-0.1, -0.05) is 30.3 Å². The third-order valence-corrected chi connectivity index (χ3v) is 2.42. The molecule has 0 aromatic heterocycles. The van der Waals surface area contributed by atoms with E-state index in [-0.39, 0.29) is 13.2 Å². The maximum Gasteiger partial charge on any atom is 0.340 e. The van der Waals surface area contributed by atoms with E-state index in [0.717, 1.165) is 5.56 Å². The average Bonchev–Trinajstić information content (AvgIpc) is 2.17. The predicted molar refractivity (Wildman–Crippen MR) is 52.4 cm³/mol. The predicted octanol–water partition coefficient (Wildman–Crippen LogP) is 1.06. The standard InChI is InChI=1S/C11H12O4/c12-10(13)11(7-14-8-11)15-6-9-4-2-1-3-5-9/h1-5H,6-8H2,(H,12,13). The van der Waals surface area contributed by atoms with Crippen molar-refractivity contribution >= 4 is 5.97 Å². The molecule has 1 N–H and O–H groups in total. The van der Waals surface area contributed by atoms with Crippen molar-refractivity contribution in [2.75, 3.05) is 13.2 Å². The van der Waals surface area contributed by atoms with Crippen LogP contribution in [0.1, 0.15) is 5.56 Å². The molecule has 2 rings (SSSR count). The summed E-state index contributed by atoms with van der Waals surface area (Å²) < 4.78 is 10.3. The molecule has 1 saturated heterocycles. The summed E-state index contributed by atoms with van der Waals surface area (Å²) in [4.78, 5) is 10.9. The van der Waals surface area contributed by atoms with E-state index in [1.807, 2.05) is 30.3 Å². The lowest BCUT2D eigenvalue weighted by Crippen LogP contribution is -2.57. The number of carbonyl (C=O) groups is 1. The molecule has 0 amide bonds. The van der Waals surface area contributed by atoms with Crippen molar-refractivity contribution in [3.05, 3.63) is 35.9 Å². The fraction of sp³-hybridized carbons (Fsp3) is 0.364. The van der Waals surface area contributed by atoms with Crippen LogP contribution in [-0.2, 0) is 20.9 Å². The molecule has 0 bridgehead atoms. The zero-order valence-electron chi connectivity index (χ0n) is 8.18. The minimum Gasteiger partial charge on any atom is -0.479 e. The Morgan fingerprint density at radius 2 is 2.07 bits per heavy atom. The molecular formula is C11H12O4. The highest BCUT2D eigenvalue weighted by molar-refractivity contribution is 5.78. The van der Waals surface area contributed by atoms with Crippen molar-refractivity contribution in [3.8, 4) is 0 Å². The molecule has 0 radical (unpaired) electrons. The van der Waals surface area contributed by atoms with Crippen LogP contribution < -0.4 is 0 Å². The van der Waals surface area contributed by atoms with Crippen LogP contribution in [0.25, 0.3) is 0 Å². The second-order valence-corrected chi connectivity index (χ2v) is 3.57. The first-order chi connectivity index (χ1) is 7.23. The first-order valence-corrected chi connectivity index (χ1v) is 4.72. The van der Waals surface area contributed by atoms with Crippen molar-refractivity contribution in [2.45, 2.75) is 12.2 Å². The van der Waals surface area contributed by atoms with E-state index < -0.39 is 11.6 Å². The van der Waals surface area contributed by atoms with E-state index >= 15 is 0 Å². The Hall–Kier alpha value is -1.39. The molecule has 1 aliphatic heterocycles. The molecule has 1 fully saturated rings. The molecule has 0 unspecified atom stereocenters. The average molecular weight is 208 g/mol. The van der Waals surface area contributed by atoms with Gasteiger partial charge in [-0.15, -0.1) is 0 Å². The number of benzene rings is 1. The number of carboxylic acid groups (broad SMARTS) is 1. The molecule has 1 heterocycles. The molecule has 4 nitrogen and oxygen atoms in total. The van der Waals surface area contributed by atoms with Crippen molar-refractivity contribution in [1.29, 1.82) is 0 Å². The van der Waals surface area contributed by atoms with Crippen molar-refractivity contribution < 1.29 is 19.4 Å². The SMILES string of the molecule is O=C(O)C1(OCc2ccccc2)COC1. The first kappa shape index (κ1) is 10.1. The molecule has 15 heavy (non-hydrogen) atoms. The van der Waals surface area contributed by atoms with Gasteiger partial charge in [0.25, 0.3) is 0 Å². The Balaban J connectivity index is 1.95. The van der Waals surface area contributed by atoms with E-state index in [1.165, 1.54) is 0 Å². The number of aliphatic carboxylic acids is 1. The number of hydrogen-bond donors (Lipinski definition) is 1. The molecule has 0 saturated carbocycles. The van der Waals surface area contributed by atoms with Gasteiger partial charge >= 0.3 is 5.97 Å². The molecule has 0 spiro atoms. The third kappa shape index (κ3) is 2.00. The van der Waals surface area contributed by atoms with Crippen LogP contribution in [0.15, 0.2) is 30.3 Å². The van der Waals surface area contributed by atoms with Gasteiger partial charge in [0.05, 0.1) is 19.8 Å². The minimum atomic E-state index is -1.13. The zero-order chi connectivity index (χ0) is 10.7. The zero-order valence-corrected chi connectivity index (χ0v) is 8.18. The van der Waals surface area contributed by atoms with Gasteiger partial charge in [0, 0.05) is 0 Å². The Morgan fingerprint density at radius 3 is 2.53 bits per heavy atom. The van der Waals surface area contributed by atoms with E-state index in [9.17, 15) is 4.79 Å². The van der Waals surface area contributed by atoms with Crippen LogP contribution in [0.5, 0.6) is 0 Å². The summed E-state index contributed by atoms with van der Waals surface area (Å²) in [5, 5.41) is 8.96. The summed E-state index contributed by atoms with van der Waals surface area (Å²) in [6, 6.07) is 9.49. The maximum absolute atomic E-state index is 10.9. The molecule has 0 atom stereocenters. The summed E-state index contributed by atoms with van der Waals surface area (Å²) in [5.74, 6) is -0.954. The van der Waals surface area contributed by atoms with Crippen molar-refractivity contribution in [1.82, 2.24) is 0 Å². The monoisotopic (exact) mass is 208 g/mol. The number of rotatable bonds is 4. The minimum absolute atomic E-state index is 0.134. The lowest BCUT2D eigenvalue weighted by atomic mass is 10.0. The van der Waals surface area contributed by atoms with Crippen molar-refractivity contribution in [2.24, 2.45) is 0 Å². The van der Waals surface area contributed by atoms with Crippen LogP contribution in [-0.4, -0.2) is 29.9 Å². The Morgan fingerprint density at radius 1 is 1.40 bits per heavy atom. The molecule has 0 aliphatic carbocycles. The molecule has 1 aliphatic rings. The summed E-state index contributed by atoms with van der Waals surface area (Å²) in [6.45, 7) is 0.570. The molecular weight excluding hydrogens is 196 g/mol. The maximum atomic E-state index is 10.9. The van der Waals surface area contributed by atoms with Gasteiger partial charge in [0.2, 0.25) is 5.60 Å². The molecule has 4 heteroatoms. The van der Waals surface area contributed by atoms with Crippen LogP contribution in [0.3, 0.4) is 0 Å². The van der Waals surface area contributed by atoms with Gasteiger partial charge < -0.3 is 14.6 Å². The normalized spacial score (nSPS) is 18.1. The highest BCUT2D eigenvalue weighted by Crippen LogP contribution is 2.23. The van der Waals surface area contributed by atoms with Gasteiger partial charge in [-0.3, -0.25) is 0 Å². The van der Waals surface area contributed by atoms with Gasteiger partial charge in [-0.25, -0.2) is 4.79 Å². The summed E-state index contributed by atoms with van der Waals surface area (Å²) in [5.41, 5.74) is -0.166. The first-order valence-electron chi connectivity index (χ1n) is 4.72. The number of carboxylic acids is 1. The van der Waals surface area contributed by atoms with E-state index in [4.69, 9.17) is 14.6 Å². The van der Waals surface area contributed by atoms with Crippen molar-refractivity contribution in [3.63, 3.8) is 0 Å². The fourth-order valence-electron chi connectivity index (χ4n) is 1.35. The topological polar surface area (TPSA) is 55.8 Å². The second-order valence-electron chi connectivity index (χ2n) is 3.57. The van der Waals surface area contributed by atoms with Crippen LogP contribution in [0.4, 0.5) is 0 Å². The lowest BCUT2D eigenvalue weighted by Gasteiger charge is -2.36. The van der Waals surface area contributed by atoms with Gasteiger partial charge in [-0.2, -0.15) is 0 Å². The van der Waals surface area contributed by atoms with E-state index in [1.54, 1.807) is 0 Å². The lowest BCUT2D eigenvalue weighted by molar-refractivity contribution is -0.228. The number of hydrogen-bond acceptors (Lipinski definition) is 3. The van der Waals surface area contributed by atoms with Crippen LogP contribution >= 0.6 is 0 Å². The van der Waals surface area contributed by atoms with Gasteiger partial charge in [0.15, 0.2) is 0 Å². The largest absolute Gasteiger partial charge is 0.479 e. The Bertz CT molecular complexity index is 343. The van der Waals surface area contributed by atoms with E-state index in [0.29, 0.717) is 6.61 Å². The second kappa shape index (κ2) is 4.00. The summed E-state index contributed by atoms with van der Waals surface area (Å²) in [6.07, 6.45) is 0. The quantitative estimate of drug-likeness (QED) is 0.803. The highest BCUT2D eigenvalue weighted by Gasteiger charge is 2.47. The Kier molecular flexibility index (Phi) is 2.70. The van der Waals surface area contributed by atoms with Gasteiger partial charge in [0.1, 0.15) is 0 Å². The number of ether oxygens (including phenoxy) is 2. The van der Waals surface area contributed by atoms with Crippen LogP contribution in [0, 0.1) is 0 Å². The summed E-state index contributed by atoms with van der Waals surface area (Å²) >= 11 is 0. The van der Waals surface area contributed by atoms with Crippen LogP contribution in [0.2, 0.25) is 0 Å². The third-order valence-electron chi connectivity index (χ3n) is 2.42. The smallest absolute Gasteiger partial charge is 0.340 e. The Labute approximate surface area is 87.4 Å².